The number of nitrogens with one attached hydrogen (secondary N) is 1. The van der Waals surface area contributed by atoms with E-state index in [-0.39, 0.29) is 17.9 Å². The fourth-order valence-corrected chi connectivity index (χ4v) is 4.30. The maximum Gasteiger partial charge on any atom is 0.232 e. The largest absolute Gasteiger partial charge is 0.353 e. The Morgan fingerprint density at radius 2 is 2.13 bits per heavy atom. The molecule has 0 spiro atoms. The third-order valence-electron chi connectivity index (χ3n) is 5.92. The highest BCUT2D eigenvalue weighted by Crippen LogP contribution is 2.43. The summed E-state index contributed by atoms with van der Waals surface area (Å²) in [4.78, 5) is 27.3. The lowest BCUT2D eigenvalue weighted by molar-refractivity contribution is -0.130. The lowest BCUT2D eigenvalue weighted by atomic mass is 9.76. The monoisotopic (exact) mass is 312 g/mol. The van der Waals surface area contributed by atoms with Crippen LogP contribution in [-0.4, -0.2) is 35.3 Å². The third kappa shape index (κ3) is 2.35. The molecule has 1 aromatic rings. The molecule has 1 aromatic carbocycles. The van der Waals surface area contributed by atoms with Gasteiger partial charge in [-0.3, -0.25) is 9.59 Å². The molecule has 122 valence electrons. The molecule has 4 heteroatoms. The average molecular weight is 312 g/mol. The van der Waals surface area contributed by atoms with Crippen molar-refractivity contribution in [3.8, 4) is 0 Å². The van der Waals surface area contributed by atoms with Gasteiger partial charge in [0, 0.05) is 25.0 Å². The predicted molar refractivity (Wildman–Crippen MR) is 88.0 cm³/mol. The van der Waals surface area contributed by atoms with Crippen LogP contribution in [0.1, 0.15) is 49.7 Å². The van der Waals surface area contributed by atoms with Crippen LogP contribution in [0.4, 0.5) is 0 Å². The maximum absolute atomic E-state index is 13.2. The minimum Gasteiger partial charge on any atom is -0.353 e. The van der Waals surface area contributed by atoms with Gasteiger partial charge in [0.15, 0.2) is 0 Å². The van der Waals surface area contributed by atoms with Crippen molar-refractivity contribution in [2.24, 2.45) is 0 Å². The molecule has 1 aliphatic carbocycles. The molecule has 1 N–H and O–H groups in total. The Hall–Kier alpha value is -1.84. The lowest BCUT2D eigenvalue weighted by Crippen LogP contribution is -2.51. The molecule has 0 bridgehead atoms. The Morgan fingerprint density at radius 1 is 1.30 bits per heavy atom. The summed E-state index contributed by atoms with van der Waals surface area (Å²) in [5, 5.41) is 3.24. The maximum atomic E-state index is 13.2. The summed E-state index contributed by atoms with van der Waals surface area (Å²) in [5.41, 5.74) is 1.66. The van der Waals surface area contributed by atoms with Gasteiger partial charge in [0.1, 0.15) is 0 Å². The zero-order chi connectivity index (χ0) is 16.0. The van der Waals surface area contributed by atoms with Crippen molar-refractivity contribution in [2.75, 3.05) is 6.54 Å². The van der Waals surface area contributed by atoms with Gasteiger partial charge in [-0.05, 0) is 44.6 Å². The molecule has 2 unspecified atom stereocenters. The summed E-state index contributed by atoms with van der Waals surface area (Å²) in [6.07, 6.45) is 5.67. The van der Waals surface area contributed by atoms with E-state index in [0.717, 1.165) is 36.8 Å². The number of carbonyl (C=O) groups is 2. The van der Waals surface area contributed by atoms with Crippen LogP contribution >= 0.6 is 0 Å². The van der Waals surface area contributed by atoms with E-state index in [9.17, 15) is 9.59 Å². The lowest BCUT2D eigenvalue weighted by Gasteiger charge is -2.34. The number of hydrogen-bond donors (Lipinski definition) is 1. The van der Waals surface area contributed by atoms with Gasteiger partial charge >= 0.3 is 0 Å². The van der Waals surface area contributed by atoms with Gasteiger partial charge in [-0.15, -0.1) is 0 Å². The van der Waals surface area contributed by atoms with Crippen molar-refractivity contribution in [1.82, 2.24) is 10.2 Å². The van der Waals surface area contributed by atoms with Crippen molar-refractivity contribution in [2.45, 2.75) is 62.9 Å². The highest BCUT2D eigenvalue weighted by molar-refractivity contribution is 5.91. The first kappa shape index (κ1) is 14.7. The number of rotatable bonds is 3. The fourth-order valence-electron chi connectivity index (χ4n) is 4.30. The molecule has 3 aliphatic rings. The smallest absolute Gasteiger partial charge is 0.232 e. The van der Waals surface area contributed by atoms with Crippen molar-refractivity contribution < 1.29 is 9.59 Å². The van der Waals surface area contributed by atoms with Crippen LogP contribution in [0.15, 0.2) is 24.3 Å². The van der Waals surface area contributed by atoms with Gasteiger partial charge in [0.2, 0.25) is 11.8 Å². The van der Waals surface area contributed by atoms with Gasteiger partial charge in [-0.25, -0.2) is 0 Å². The number of nitrogens with zero attached hydrogens (tertiary/aromatic N) is 1. The van der Waals surface area contributed by atoms with E-state index >= 15 is 0 Å². The van der Waals surface area contributed by atoms with Gasteiger partial charge in [-0.2, -0.15) is 0 Å². The van der Waals surface area contributed by atoms with Crippen molar-refractivity contribution in [1.29, 1.82) is 0 Å². The summed E-state index contributed by atoms with van der Waals surface area (Å²) in [7, 11) is 0. The average Bonchev–Trinajstić information content (AvgIpc) is 3.03. The second-order valence-corrected chi connectivity index (χ2v) is 7.47. The molecular formula is C19H24N2O2. The molecule has 23 heavy (non-hydrogen) atoms. The number of hydrogen-bond acceptors (Lipinski definition) is 2. The molecule has 0 aromatic heterocycles. The standard InChI is InChI=1S/C19H24N2O2/c1-13-4-2-5-14(10-13)19(18(23)20-15-6-3-7-15)11-16-8-9-17(22)21(16)12-19/h2,4-5,10,15-16H,3,6-9,11-12H2,1H3,(H,20,23). The molecule has 2 heterocycles. The Balaban J connectivity index is 1.69. The second-order valence-electron chi connectivity index (χ2n) is 7.47. The van der Waals surface area contributed by atoms with Crippen molar-refractivity contribution in [3.05, 3.63) is 35.4 Å². The Kier molecular flexibility index (Phi) is 3.43. The second kappa shape index (κ2) is 5.36. The normalized spacial score (nSPS) is 30.2. The molecule has 2 amide bonds. The predicted octanol–water partition coefficient (Wildman–Crippen LogP) is 2.30. The molecule has 2 saturated heterocycles. The van der Waals surface area contributed by atoms with Crippen LogP contribution in [-0.2, 0) is 15.0 Å². The molecular weight excluding hydrogens is 288 g/mol. The zero-order valence-corrected chi connectivity index (χ0v) is 13.7. The molecule has 0 radical (unpaired) electrons. The topological polar surface area (TPSA) is 49.4 Å². The minimum atomic E-state index is -0.567. The summed E-state index contributed by atoms with van der Waals surface area (Å²) < 4.78 is 0. The van der Waals surface area contributed by atoms with Gasteiger partial charge in [0.05, 0.1) is 5.41 Å². The van der Waals surface area contributed by atoms with E-state index in [1.54, 1.807) is 0 Å². The van der Waals surface area contributed by atoms with Crippen LogP contribution in [0.2, 0.25) is 0 Å². The van der Waals surface area contributed by atoms with E-state index in [1.807, 2.05) is 11.0 Å². The molecule has 4 rings (SSSR count). The molecule has 2 aliphatic heterocycles. The number of fused-ring (bicyclic) bond motifs is 1. The van der Waals surface area contributed by atoms with Crippen LogP contribution < -0.4 is 5.32 Å². The van der Waals surface area contributed by atoms with E-state index < -0.39 is 5.41 Å². The number of aryl methyl sites for hydroxylation is 1. The van der Waals surface area contributed by atoms with E-state index in [0.29, 0.717) is 19.0 Å². The summed E-state index contributed by atoms with van der Waals surface area (Å²) in [6.45, 7) is 2.60. The van der Waals surface area contributed by atoms with Crippen LogP contribution in [0.5, 0.6) is 0 Å². The fraction of sp³-hybridized carbons (Fsp3) is 0.579. The van der Waals surface area contributed by atoms with Crippen molar-refractivity contribution in [3.63, 3.8) is 0 Å². The van der Waals surface area contributed by atoms with E-state index in [1.165, 1.54) is 6.42 Å². The molecule has 1 saturated carbocycles. The van der Waals surface area contributed by atoms with E-state index in [4.69, 9.17) is 0 Å². The van der Waals surface area contributed by atoms with Crippen LogP contribution in [0.3, 0.4) is 0 Å². The minimum absolute atomic E-state index is 0.120. The number of amides is 2. The first-order valence-corrected chi connectivity index (χ1v) is 8.76. The summed E-state index contributed by atoms with van der Waals surface area (Å²) >= 11 is 0. The van der Waals surface area contributed by atoms with E-state index in [2.05, 4.69) is 30.4 Å². The van der Waals surface area contributed by atoms with Gasteiger partial charge < -0.3 is 10.2 Å². The van der Waals surface area contributed by atoms with Crippen LogP contribution in [0.25, 0.3) is 0 Å². The highest BCUT2D eigenvalue weighted by atomic mass is 16.2. The van der Waals surface area contributed by atoms with Crippen LogP contribution in [0, 0.1) is 6.92 Å². The molecule has 3 fully saturated rings. The molecule has 2 atom stereocenters. The Labute approximate surface area is 137 Å². The molecule has 4 nitrogen and oxygen atoms in total. The Morgan fingerprint density at radius 3 is 2.78 bits per heavy atom. The highest BCUT2D eigenvalue weighted by Gasteiger charge is 2.54. The first-order chi connectivity index (χ1) is 11.1. The SMILES string of the molecule is Cc1cccc(C2(C(=O)NC3CCC3)CC3CCC(=O)N3C2)c1. The third-order valence-corrected chi connectivity index (χ3v) is 5.92. The number of benzene rings is 1. The summed E-state index contributed by atoms with van der Waals surface area (Å²) in [5.74, 6) is 0.330. The number of carbonyl (C=O) groups excluding carboxylic acids is 2. The zero-order valence-electron chi connectivity index (χ0n) is 13.7. The van der Waals surface area contributed by atoms with Crippen molar-refractivity contribution >= 4 is 11.8 Å². The quantitative estimate of drug-likeness (QED) is 0.931. The summed E-state index contributed by atoms with van der Waals surface area (Å²) in [6, 6.07) is 8.81. The first-order valence-electron chi connectivity index (χ1n) is 8.76. The Bertz CT molecular complexity index is 653. The van der Waals surface area contributed by atoms with Gasteiger partial charge in [0.25, 0.3) is 0 Å². The van der Waals surface area contributed by atoms with Gasteiger partial charge in [-0.1, -0.05) is 29.8 Å².